The van der Waals surface area contributed by atoms with E-state index in [1.165, 1.54) is 6.07 Å². The van der Waals surface area contributed by atoms with Gasteiger partial charge in [0, 0.05) is 6.07 Å². The second-order valence-electron chi connectivity index (χ2n) is 4.96. The number of hydrogen-bond donors (Lipinski definition) is 1. The van der Waals surface area contributed by atoms with Gasteiger partial charge in [-0.1, -0.05) is 35.5 Å². The molecule has 0 aliphatic carbocycles. The number of H-pyrrole nitrogens is 1. The van der Waals surface area contributed by atoms with Gasteiger partial charge in [0.05, 0.1) is 10.9 Å². The van der Waals surface area contributed by atoms with Crippen molar-refractivity contribution < 1.29 is 4.74 Å². The number of fused-ring (bicyclic) bond motifs is 3. The van der Waals surface area contributed by atoms with Crippen LogP contribution in [-0.2, 0) is 6.61 Å². The number of aromatic amines is 1. The average molecular weight is 292 g/mol. The topological polar surface area (TPSA) is 72.3 Å². The molecule has 6 heteroatoms. The van der Waals surface area contributed by atoms with Crippen LogP contribution in [0, 0.1) is 0 Å². The van der Waals surface area contributed by atoms with E-state index < -0.39 is 0 Å². The van der Waals surface area contributed by atoms with Crippen molar-refractivity contribution in [2.24, 2.45) is 0 Å². The summed E-state index contributed by atoms with van der Waals surface area (Å²) in [4.78, 5) is 12.2. The van der Waals surface area contributed by atoms with Gasteiger partial charge in [0.15, 0.2) is 11.1 Å². The summed E-state index contributed by atoms with van der Waals surface area (Å²) in [6, 6.07) is 16.7. The maximum Gasteiger partial charge on any atom is 0.191 e. The van der Waals surface area contributed by atoms with E-state index >= 15 is 0 Å². The highest BCUT2D eigenvalue weighted by atomic mass is 16.5. The number of tetrazole rings is 1. The lowest BCUT2D eigenvalue weighted by molar-refractivity contribution is 0.306. The summed E-state index contributed by atoms with van der Waals surface area (Å²) in [6.07, 6.45) is 0. The van der Waals surface area contributed by atoms with Crippen molar-refractivity contribution in [1.29, 1.82) is 0 Å². The first-order valence-corrected chi connectivity index (χ1v) is 6.84. The van der Waals surface area contributed by atoms with Gasteiger partial charge in [0.1, 0.15) is 12.4 Å². The van der Waals surface area contributed by atoms with Crippen LogP contribution in [0.4, 0.5) is 0 Å². The van der Waals surface area contributed by atoms with Gasteiger partial charge in [0.2, 0.25) is 0 Å². The molecule has 2 aromatic carbocycles. The second kappa shape index (κ2) is 5.00. The van der Waals surface area contributed by atoms with Gasteiger partial charge in [-0.05, 0) is 23.8 Å². The van der Waals surface area contributed by atoms with Gasteiger partial charge in [-0.3, -0.25) is 4.79 Å². The average Bonchev–Trinajstić information content (AvgIpc) is 3.02. The Morgan fingerprint density at radius 3 is 2.82 bits per heavy atom. The lowest BCUT2D eigenvalue weighted by Crippen LogP contribution is -2.05. The number of pyridine rings is 1. The fraction of sp³-hybridized carbons (Fsp3) is 0.0625. The van der Waals surface area contributed by atoms with E-state index in [1.54, 1.807) is 10.6 Å². The molecule has 0 radical (unpaired) electrons. The lowest BCUT2D eigenvalue weighted by Gasteiger charge is -2.07. The van der Waals surface area contributed by atoms with Gasteiger partial charge in [-0.15, -0.1) is 5.10 Å². The molecule has 0 saturated carbocycles. The Bertz CT molecular complexity index is 1000. The molecule has 0 atom stereocenters. The van der Waals surface area contributed by atoms with Gasteiger partial charge in [-0.25, -0.2) is 4.52 Å². The van der Waals surface area contributed by atoms with E-state index in [-0.39, 0.29) is 5.43 Å². The molecule has 0 unspecified atom stereocenters. The van der Waals surface area contributed by atoms with Crippen LogP contribution < -0.4 is 10.2 Å². The quantitative estimate of drug-likeness (QED) is 0.628. The molecule has 4 aromatic rings. The summed E-state index contributed by atoms with van der Waals surface area (Å²) in [7, 11) is 0. The van der Waals surface area contributed by atoms with Crippen LogP contribution in [0.3, 0.4) is 0 Å². The molecule has 4 rings (SSSR count). The number of aromatic nitrogens is 4. The Balaban J connectivity index is 1.73. The first kappa shape index (κ1) is 12.6. The number of nitrogens with zero attached hydrogens (tertiary/aromatic N) is 3. The van der Waals surface area contributed by atoms with Crippen molar-refractivity contribution in [1.82, 2.24) is 20.0 Å². The third-order valence-electron chi connectivity index (χ3n) is 3.51. The molecule has 22 heavy (non-hydrogen) atoms. The smallest absolute Gasteiger partial charge is 0.191 e. The summed E-state index contributed by atoms with van der Waals surface area (Å²) in [6.45, 7) is 0.460. The number of ether oxygens (including phenoxy) is 1. The number of nitrogens with one attached hydrogen (secondary N) is 1. The van der Waals surface area contributed by atoms with E-state index in [1.807, 2.05) is 42.5 Å². The Kier molecular flexibility index (Phi) is 2.86. The number of rotatable bonds is 3. The minimum atomic E-state index is -0.103. The molecule has 0 saturated heterocycles. The molecule has 0 aliphatic heterocycles. The second-order valence-corrected chi connectivity index (χ2v) is 4.96. The van der Waals surface area contributed by atoms with Crippen molar-refractivity contribution in [3.05, 3.63) is 70.4 Å². The van der Waals surface area contributed by atoms with Crippen LogP contribution in [0.5, 0.6) is 5.75 Å². The summed E-state index contributed by atoms with van der Waals surface area (Å²) >= 11 is 0. The molecule has 0 aliphatic rings. The van der Waals surface area contributed by atoms with Crippen LogP contribution in [0.25, 0.3) is 16.6 Å². The normalized spacial score (nSPS) is 11.1. The fourth-order valence-corrected chi connectivity index (χ4v) is 2.42. The SMILES string of the molecule is O=c1cc2nn[nH]n2c2ccc(OCc3ccccc3)cc12. The van der Waals surface area contributed by atoms with E-state index in [9.17, 15) is 4.79 Å². The molecule has 2 heterocycles. The molecule has 1 N–H and O–H groups in total. The molecule has 6 nitrogen and oxygen atoms in total. The van der Waals surface area contributed by atoms with Gasteiger partial charge < -0.3 is 4.74 Å². The Morgan fingerprint density at radius 1 is 1.09 bits per heavy atom. The first-order valence-electron chi connectivity index (χ1n) is 6.84. The van der Waals surface area contributed by atoms with E-state index in [2.05, 4.69) is 15.5 Å². The Hall–Kier alpha value is -3.15. The molecule has 0 spiro atoms. The summed E-state index contributed by atoms with van der Waals surface area (Å²) < 4.78 is 7.42. The van der Waals surface area contributed by atoms with Gasteiger partial charge >= 0.3 is 0 Å². The van der Waals surface area contributed by atoms with Crippen LogP contribution in [0.2, 0.25) is 0 Å². The highest BCUT2D eigenvalue weighted by Crippen LogP contribution is 2.19. The first-order chi connectivity index (χ1) is 10.8. The van der Waals surface area contributed by atoms with Crippen molar-refractivity contribution in [2.45, 2.75) is 6.61 Å². The Morgan fingerprint density at radius 2 is 1.95 bits per heavy atom. The van der Waals surface area contributed by atoms with E-state index in [0.29, 0.717) is 23.4 Å². The number of benzene rings is 2. The number of hydrogen-bond acceptors (Lipinski definition) is 4. The fourth-order valence-electron chi connectivity index (χ4n) is 2.42. The molecule has 0 bridgehead atoms. The highest BCUT2D eigenvalue weighted by Gasteiger charge is 2.07. The Labute approximate surface area is 124 Å². The zero-order valence-electron chi connectivity index (χ0n) is 11.6. The molecule has 0 fully saturated rings. The zero-order valence-corrected chi connectivity index (χ0v) is 11.6. The lowest BCUT2D eigenvalue weighted by atomic mass is 10.2. The maximum atomic E-state index is 12.2. The predicted octanol–water partition coefficient (Wildman–Crippen LogP) is 2.15. The maximum absolute atomic E-state index is 12.2. The largest absolute Gasteiger partial charge is 0.489 e. The monoisotopic (exact) mass is 292 g/mol. The van der Waals surface area contributed by atoms with Gasteiger partial charge in [-0.2, -0.15) is 5.21 Å². The van der Waals surface area contributed by atoms with Crippen molar-refractivity contribution in [2.75, 3.05) is 0 Å². The molecular weight excluding hydrogens is 280 g/mol. The van der Waals surface area contributed by atoms with Crippen molar-refractivity contribution >= 4 is 16.6 Å². The summed E-state index contributed by atoms with van der Waals surface area (Å²) in [5.41, 5.74) is 2.19. The van der Waals surface area contributed by atoms with Crippen LogP contribution >= 0.6 is 0 Å². The molecule has 0 amide bonds. The van der Waals surface area contributed by atoms with Crippen LogP contribution in [0.15, 0.2) is 59.4 Å². The molecular formula is C16H12N4O2. The van der Waals surface area contributed by atoms with Crippen LogP contribution in [0.1, 0.15) is 5.56 Å². The summed E-state index contributed by atoms with van der Waals surface area (Å²) in [5, 5.41) is 10.9. The standard InChI is InChI=1S/C16H12N4O2/c21-15-9-16-17-18-19-20(16)14-7-6-12(8-13(14)15)22-10-11-4-2-1-3-5-11/h1-9H,10H2,(H,17,19). The molecule has 108 valence electrons. The van der Waals surface area contributed by atoms with Gasteiger partial charge in [0.25, 0.3) is 0 Å². The van der Waals surface area contributed by atoms with E-state index in [4.69, 9.17) is 4.74 Å². The third kappa shape index (κ3) is 2.10. The minimum Gasteiger partial charge on any atom is -0.489 e. The van der Waals surface area contributed by atoms with Crippen molar-refractivity contribution in [3.8, 4) is 5.75 Å². The van der Waals surface area contributed by atoms with E-state index in [0.717, 1.165) is 11.1 Å². The zero-order chi connectivity index (χ0) is 14.9. The highest BCUT2D eigenvalue weighted by molar-refractivity contribution is 5.82. The van der Waals surface area contributed by atoms with Crippen LogP contribution in [-0.4, -0.2) is 20.0 Å². The predicted molar refractivity (Wildman–Crippen MR) is 81.9 cm³/mol. The van der Waals surface area contributed by atoms with Crippen molar-refractivity contribution in [3.63, 3.8) is 0 Å². The summed E-state index contributed by atoms with van der Waals surface area (Å²) in [5.74, 6) is 0.654. The molecule has 2 aromatic heterocycles. The minimum absolute atomic E-state index is 0.103. The third-order valence-corrected chi connectivity index (χ3v) is 3.51.